The van der Waals surface area contributed by atoms with Crippen LogP contribution in [-0.4, -0.2) is 77.7 Å². The maximum absolute atomic E-state index is 12.7. The summed E-state index contributed by atoms with van der Waals surface area (Å²) in [7, 11) is 0. The van der Waals surface area contributed by atoms with Gasteiger partial charge in [-0.15, -0.1) is 0 Å². The number of nitrogen functional groups attached to an aromatic ring is 1. The molecule has 310 valence electrons. The van der Waals surface area contributed by atoms with Gasteiger partial charge in [0, 0.05) is 21.9 Å². The van der Waals surface area contributed by atoms with Crippen molar-refractivity contribution in [3.63, 3.8) is 0 Å². The topological polar surface area (TPSA) is 251 Å². The zero-order valence-electron chi connectivity index (χ0n) is 33.0. The van der Waals surface area contributed by atoms with Gasteiger partial charge in [-0.25, -0.2) is 19.6 Å². The van der Waals surface area contributed by atoms with E-state index >= 15 is 0 Å². The lowest BCUT2D eigenvalue weighted by atomic mass is 9.97. The van der Waals surface area contributed by atoms with Gasteiger partial charge in [0.05, 0.1) is 11.3 Å². The molecular formula is C40H42ClN7O10S. The summed E-state index contributed by atoms with van der Waals surface area (Å²) in [5.74, 6) is -0.877. The second-order valence-electron chi connectivity index (χ2n) is 14.4. The molecule has 0 aliphatic carbocycles. The third-order valence-corrected chi connectivity index (χ3v) is 8.54. The highest BCUT2D eigenvalue weighted by atomic mass is 35.5. The molecule has 2 amide bonds. The van der Waals surface area contributed by atoms with Crippen LogP contribution in [0.25, 0.3) is 22.6 Å². The van der Waals surface area contributed by atoms with Gasteiger partial charge in [-0.2, -0.15) is 10.5 Å². The molecule has 4 N–H and O–H groups in total. The summed E-state index contributed by atoms with van der Waals surface area (Å²) < 4.78 is 32.4. The van der Waals surface area contributed by atoms with Gasteiger partial charge in [0.25, 0.3) is 0 Å². The number of amides is 2. The average molecular weight is 848 g/mol. The van der Waals surface area contributed by atoms with Crippen LogP contribution in [0.5, 0.6) is 5.75 Å². The van der Waals surface area contributed by atoms with Crippen LogP contribution in [-0.2, 0) is 34.3 Å². The van der Waals surface area contributed by atoms with Crippen LogP contribution in [0.2, 0.25) is 5.02 Å². The minimum absolute atomic E-state index is 0.000899. The van der Waals surface area contributed by atoms with Crippen LogP contribution in [0.4, 0.5) is 15.4 Å². The smallest absolute Gasteiger partial charge is 0.408 e. The first-order valence-corrected chi connectivity index (χ1v) is 19.2. The first-order valence-electron chi connectivity index (χ1n) is 17.8. The van der Waals surface area contributed by atoms with Crippen LogP contribution < -0.4 is 21.1 Å². The van der Waals surface area contributed by atoms with Gasteiger partial charge in [0.2, 0.25) is 5.89 Å². The fourth-order valence-electron chi connectivity index (χ4n) is 4.84. The second kappa shape index (κ2) is 20.3. The van der Waals surface area contributed by atoms with Crippen molar-refractivity contribution in [3.05, 3.63) is 76.6 Å². The van der Waals surface area contributed by atoms with E-state index in [1.165, 1.54) is 18.0 Å². The van der Waals surface area contributed by atoms with Crippen LogP contribution in [0, 0.1) is 22.7 Å². The number of pyridine rings is 1. The summed E-state index contributed by atoms with van der Waals surface area (Å²) in [6.45, 7) is 8.08. The van der Waals surface area contributed by atoms with E-state index < -0.39 is 61.1 Å². The normalized spacial score (nSPS) is 11.6. The molecule has 0 bridgehead atoms. The Balaban J connectivity index is 1.46. The number of alkyl carbamates (subject to hydrolysis) is 2. The number of carbonyl (C=O) groups is 4. The van der Waals surface area contributed by atoms with Crippen molar-refractivity contribution < 1.29 is 47.3 Å². The number of nitrogens with one attached hydrogen (secondary N) is 2. The number of nitrogens with two attached hydrogens (primary N) is 1. The number of esters is 2. The maximum Gasteiger partial charge on any atom is 0.408 e. The molecule has 2 aromatic heterocycles. The van der Waals surface area contributed by atoms with Crippen molar-refractivity contribution in [2.45, 2.75) is 69.6 Å². The summed E-state index contributed by atoms with van der Waals surface area (Å²) >= 11 is 7.18. The van der Waals surface area contributed by atoms with Crippen molar-refractivity contribution >= 4 is 53.3 Å². The zero-order chi connectivity index (χ0) is 43.3. The van der Waals surface area contributed by atoms with E-state index in [1.807, 2.05) is 6.07 Å². The number of hydrogen-bond acceptors (Lipinski definition) is 16. The van der Waals surface area contributed by atoms with Gasteiger partial charge in [-0.3, -0.25) is 9.59 Å². The molecule has 1 atom stereocenters. The third kappa shape index (κ3) is 14.4. The largest absolute Gasteiger partial charge is 0.490 e. The fraction of sp³-hybridized carbons (Fsp3) is 0.350. The minimum atomic E-state index is -1.17. The predicted molar refractivity (Wildman–Crippen MR) is 215 cm³/mol. The summed E-state index contributed by atoms with van der Waals surface area (Å²) in [5.41, 5.74) is 6.77. The first kappa shape index (κ1) is 45.2. The Kier molecular flexibility index (Phi) is 15.5. The van der Waals surface area contributed by atoms with E-state index in [-0.39, 0.29) is 45.6 Å². The van der Waals surface area contributed by atoms with Gasteiger partial charge >= 0.3 is 24.1 Å². The van der Waals surface area contributed by atoms with Crippen molar-refractivity contribution in [2.75, 3.05) is 32.0 Å². The number of aromatic nitrogens is 2. The van der Waals surface area contributed by atoms with Gasteiger partial charge in [-0.1, -0.05) is 35.5 Å². The predicted octanol–water partition coefficient (Wildman–Crippen LogP) is 6.56. The fourth-order valence-corrected chi connectivity index (χ4v) is 5.83. The highest BCUT2D eigenvalue weighted by molar-refractivity contribution is 7.98. The molecule has 59 heavy (non-hydrogen) atoms. The van der Waals surface area contributed by atoms with Crippen LogP contribution in [0.3, 0.4) is 0 Å². The van der Waals surface area contributed by atoms with Crippen molar-refractivity contribution in [2.24, 2.45) is 0 Å². The molecule has 0 saturated heterocycles. The number of nitriles is 2. The Morgan fingerprint density at radius 1 is 0.831 bits per heavy atom. The van der Waals surface area contributed by atoms with Crippen molar-refractivity contribution in [1.29, 1.82) is 10.5 Å². The van der Waals surface area contributed by atoms with Crippen molar-refractivity contribution in [3.8, 4) is 40.5 Å². The van der Waals surface area contributed by atoms with Crippen molar-refractivity contribution in [1.82, 2.24) is 20.6 Å². The summed E-state index contributed by atoms with van der Waals surface area (Å²) in [6, 6.07) is 17.5. The minimum Gasteiger partial charge on any atom is -0.490 e. The Morgan fingerprint density at radius 3 is 1.98 bits per heavy atom. The molecule has 1 unspecified atom stereocenters. The van der Waals surface area contributed by atoms with Crippen LogP contribution in [0.1, 0.15) is 58.4 Å². The lowest BCUT2D eigenvalue weighted by Crippen LogP contribution is -2.39. The molecule has 0 saturated carbocycles. The van der Waals surface area contributed by atoms with Gasteiger partial charge in [-0.05, 0) is 83.5 Å². The van der Waals surface area contributed by atoms with E-state index in [9.17, 15) is 29.7 Å². The van der Waals surface area contributed by atoms with Gasteiger partial charge in [0.15, 0.2) is 6.10 Å². The van der Waals surface area contributed by atoms with Gasteiger partial charge in [0.1, 0.15) is 78.1 Å². The van der Waals surface area contributed by atoms with E-state index in [0.29, 0.717) is 22.2 Å². The van der Waals surface area contributed by atoms with Gasteiger partial charge < -0.3 is 44.5 Å². The Morgan fingerprint density at radius 2 is 1.41 bits per heavy atom. The summed E-state index contributed by atoms with van der Waals surface area (Å²) in [5, 5.41) is 25.7. The lowest BCUT2D eigenvalue weighted by Gasteiger charge is -2.21. The number of oxazole rings is 1. The zero-order valence-corrected chi connectivity index (χ0v) is 34.6. The third-order valence-electron chi connectivity index (χ3n) is 7.27. The molecule has 4 aromatic rings. The highest BCUT2D eigenvalue weighted by Gasteiger charge is 2.24. The molecule has 19 heteroatoms. The van der Waals surface area contributed by atoms with E-state index in [2.05, 4.69) is 26.7 Å². The first-order chi connectivity index (χ1) is 27.8. The van der Waals surface area contributed by atoms with E-state index in [4.69, 9.17) is 45.4 Å². The Hall–Kier alpha value is -6.50. The van der Waals surface area contributed by atoms with Crippen LogP contribution in [0.15, 0.2) is 64.2 Å². The molecule has 0 fully saturated rings. The monoisotopic (exact) mass is 847 g/mol. The number of thioether (sulfide) groups is 1. The lowest BCUT2D eigenvalue weighted by molar-refractivity contribution is -0.159. The Labute approximate surface area is 349 Å². The van der Waals surface area contributed by atoms with Crippen LogP contribution >= 0.6 is 23.4 Å². The molecule has 2 heterocycles. The average Bonchev–Trinajstić information content (AvgIpc) is 3.64. The highest BCUT2D eigenvalue weighted by Crippen LogP contribution is 2.37. The molecule has 0 aliphatic rings. The molecule has 17 nitrogen and oxygen atoms in total. The Bertz CT molecular complexity index is 2220. The number of nitrogens with zero attached hydrogens (tertiary/aromatic N) is 4. The number of benzene rings is 2. The molecule has 0 aliphatic heterocycles. The van der Waals surface area contributed by atoms with E-state index in [0.717, 1.165) is 5.56 Å². The molecular weight excluding hydrogens is 806 g/mol. The maximum atomic E-state index is 12.7. The standard InChI is InChI=1S/C40H42ClN7O10S/c1-39(2,3)57-37(51)45-17-31(49)54-21-28(56-32(50)18-46-38(52)58-40(4,5)6)20-53-27-13-9-23(10-14-27)33-29(15-42)34(44)48-36(30(33)16-43)59-22-26-19-55-35(47-26)24-7-11-25(41)12-8-24/h7-14,19,28H,17-18,20-22H2,1-6H3,(H2,44,48)(H,45,51)(H,46,52). The number of rotatable bonds is 15. The second-order valence-corrected chi connectivity index (χ2v) is 15.8. The summed E-state index contributed by atoms with van der Waals surface area (Å²) in [4.78, 5) is 57.9. The number of hydrogen-bond donors (Lipinski definition) is 3. The quantitative estimate of drug-likeness (QED) is 0.0651. The van der Waals surface area contributed by atoms with E-state index in [1.54, 1.807) is 90.1 Å². The molecule has 2 aromatic carbocycles. The number of halogens is 1. The number of ether oxygens (including phenoxy) is 5. The molecule has 0 spiro atoms. The summed E-state index contributed by atoms with van der Waals surface area (Å²) in [6.07, 6.45) is -1.35. The SMILES string of the molecule is CC(C)(C)OC(=O)NCC(=O)OCC(COc1ccc(-c2c(C#N)c(N)nc(SCc3coc(-c4ccc(Cl)cc4)n3)c2C#N)cc1)OC(=O)CNC(=O)OC(C)(C)C. The number of anilines is 1. The molecule has 4 rings (SSSR count). The molecule has 0 radical (unpaired) electrons. The number of carbonyl (C=O) groups excluding carboxylic acids is 4.